The van der Waals surface area contributed by atoms with Gasteiger partial charge in [-0.3, -0.25) is 0 Å². The molecule has 0 unspecified atom stereocenters. The highest BCUT2D eigenvalue weighted by atomic mass is 16.5. The first-order valence-corrected chi connectivity index (χ1v) is 5.31. The van der Waals surface area contributed by atoms with Crippen molar-refractivity contribution in [2.45, 2.75) is 19.8 Å². The minimum Gasteiger partial charge on any atom is -0.465 e. The fourth-order valence-corrected chi connectivity index (χ4v) is 1.49. The van der Waals surface area contributed by atoms with Crippen molar-refractivity contribution < 1.29 is 19.1 Å². The number of methoxy groups -OCH3 is 2. The van der Waals surface area contributed by atoms with Crippen molar-refractivity contribution in [1.29, 1.82) is 0 Å². The minimum absolute atomic E-state index is 0.226. The van der Waals surface area contributed by atoms with Crippen LogP contribution in [0.5, 0.6) is 0 Å². The Balaban J connectivity index is 3.31. The Morgan fingerprint density at radius 3 is 2.00 bits per heavy atom. The van der Waals surface area contributed by atoms with Gasteiger partial charge >= 0.3 is 11.9 Å². The molecular weight excluding hydrogens is 220 g/mol. The molecule has 17 heavy (non-hydrogen) atoms. The molecule has 92 valence electrons. The molecule has 0 aliphatic rings. The van der Waals surface area contributed by atoms with E-state index in [1.165, 1.54) is 14.2 Å². The highest BCUT2D eigenvalue weighted by Crippen LogP contribution is 2.20. The molecule has 0 heterocycles. The average Bonchev–Trinajstić information content (AvgIpc) is 2.35. The molecule has 0 amide bonds. The van der Waals surface area contributed by atoms with Crippen LogP contribution < -0.4 is 0 Å². The van der Waals surface area contributed by atoms with Crippen molar-refractivity contribution in [1.82, 2.24) is 0 Å². The van der Waals surface area contributed by atoms with E-state index in [1.807, 2.05) is 19.9 Å². The van der Waals surface area contributed by atoms with Crippen LogP contribution in [0.2, 0.25) is 0 Å². The van der Waals surface area contributed by atoms with Crippen LogP contribution >= 0.6 is 0 Å². The SMILES string of the molecule is COC(=O)c1ccc(C(C)C)cc1C(=O)OC. The molecule has 0 aliphatic heterocycles. The van der Waals surface area contributed by atoms with E-state index in [-0.39, 0.29) is 17.0 Å². The molecule has 0 radical (unpaired) electrons. The predicted molar refractivity (Wildman–Crippen MR) is 63.2 cm³/mol. The van der Waals surface area contributed by atoms with E-state index in [9.17, 15) is 9.59 Å². The summed E-state index contributed by atoms with van der Waals surface area (Å²) in [6, 6.07) is 5.07. The number of rotatable bonds is 3. The molecule has 0 spiro atoms. The first-order chi connectivity index (χ1) is 8.01. The van der Waals surface area contributed by atoms with E-state index < -0.39 is 11.9 Å². The van der Waals surface area contributed by atoms with Gasteiger partial charge in [0.1, 0.15) is 0 Å². The largest absolute Gasteiger partial charge is 0.465 e. The highest BCUT2D eigenvalue weighted by Gasteiger charge is 2.19. The third kappa shape index (κ3) is 2.84. The van der Waals surface area contributed by atoms with Crippen LogP contribution in [0, 0.1) is 0 Å². The second-order valence-corrected chi connectivity index (χ2v) is 3.94. The van der Waals surface area contributed by atoms with Gasteiger partial charge in [-0.1, -0.05) is 19.9 Å². The molecule has 1 aromatic rings. The molecule has 4 heteroatoms. The smallest absolute Gasteiger partial charge is 0.338 e. The third-order valence-corrected chi connectivity index (χ3v) is 2.52. The van der Waals surface area contributed by atoms with E-state index in [2.05, 4.69) is 9.47 Å². The van der Waals surface area contributed by atoms with Gasteiger partial charge in [-0.25, -0.2) is 9.59 Å². The van der Waals surface area contributed by atoms with Crippen molar-refractivity contribution in [3.05, 3.63) is 34.9 Å². The van der Waals surface area contributed by atoms with Crippen molar-refractivity contribution in [3.8, 4) is 0 Å². The number of hydrogen-bond acceptors (Lipinski definition) is 4. The maximum Gasteiger partial charge on any atom is 0.338 e. The molecule has 0 aliphatic carbocycles. The zero-order valence-corrected chi connectivity index (χ0v) is 10.4. The van der Waals surface area contributed by atoms with Crippen molar-refractivity contribution in [2.75, 3.05) is 14.2 Å². The summed E-state index contributed by atoms with van der Waals surface area (Å²) in [5, 5.41) is 0. The van der Waals surface area contributed by atoms with Gasteiger partial charge in [0.15, 0.2) is 0 Å². The number of benzene rings is 1. The maximum atomic E-state index is 11.6. The summed E-state index contributed by atoms with van der Waals surface area (Å²) < 4.78 is 9.28. The number of carbonyl (C=O) groups excluding carboxylic acids is 2. The Bertz CT molecular complexity index is 435. The molecule has 0 atom stereocenters. The highest BCUT2D eigenvalue weighted by molar-refractivity contribution is 6.03. The number of hydrogen-bond donors (Lipinski definition) is 0. The van der Waals surface area contributed by atoms with E-state index >= 15 is 0 Å². The lowest BCUT2D eigenvalue weighted by Crippen LogP contribution is -2.12. The quantitative estimate of drug-likeness (QED) is 0.756. The van der Waals surface area contributed by atoms with Crippen LogP contribution in [0.4, 0.5) is 0 Å². The summed E-state index contributed by atoms with van der Waals surface area (Å²) in [5.41, 5.74) is 1.44. The summed E-state index contributed by atoms with van der Waals surface area (Å²) in [6.07, 6.45) is 0. The Morgan fingerprint density at radius 1 is 1.00 bits per heavy atom. The lowest BCUT2D eigenvalue weighted by molar-refractivity contribution is 0.0555. The van der Waals surface area contributed by atoms with Gasteiger partial charge in [0.05, 0.1) is 25.3 Å². The summed E-state index contributed by atoms with van der Waals surface area (Å²) in [6.45, 7) is 4.02. The molecule has 0 N–H and O–H groups in total. The van der Waals surface area contributed by atoms with Gasteiger partial charge in [0, 0.05) is 0 Å². The topological polar surface area (TPSA) is 52.6 Å². The Hall–Kier alpha value is -1.84. The summed E-state index contributed by atoms with van der Waals surface area (Å²) >= 11 is 0. The van der Waals surface area contributed by atoms with Crippen LogP contribution in [0.15, 0.2) is 18.2 Å². The number of ether oxygens (including phenoxy) is 2. The summed E-state index contributed by atoms with van der Waals surface area (Å²) in [4.78, 5) is 23.1. The van der Waals surface area contributed by atoms with Crippen LogP contribution in [-0.2, 0) is 9.47 Å². The molecule has 0 saturated carbocycles. The van der Waals surface area contributed by atoms with E-state index in [0.717, 1.165) is 5.56 Å². The third-order valence-electron chi connectivity index (χ3n) is 2.52. The molecular formula is C13H16O4. The van der Waals surface area contributed by atoms with Crippen LogP contribution in [0.1, 0.15) is 46.0 Å². The fraction of sp³-hybridized carbons (Fsp3) is 0.385. The van der Waals surface area contributed by atoms with Crippen LogP contribution in [0.3, 0.4) is 0 Å². The first-order valence-electron chi connectivity index (χ1n) is 5.31. The normalized spacial score (nSPS) is 10.2. The monoisotopic (exact) mass is 236 g/mol. The van der Waals surface area contributed by atoms with Crippen molar-refractivity contribution in [2.24, 2.45) is 0 Å². The maximum absolute atomic E-state index is 11.6. The summed E-state index contributed by atoms with van der Waals surface area (Å²) in [7, 11) is 2.56. The number of carbonyl (C=O) groups is 2. The lowest BCUT2D eigenvalue weighted by Gasteiger charge is -2.10. The van der Waals surface area contributed by atoms with E-state index in [1.54, 1.807) is 12.1 Å². The molecule has 1 rings (SSSR count). The zero-order valence-electron chi connectivity index (χ0n) is 10.4. The number of esters is 2. The Kier molecular flexibility index (Phi) is 4.26. The van der Waals surface area contributed by atoms with Gasteiger partial charge in [-0.15, -0.1) is 0 Å². The molecule has 1 aromatic carbocycles. The zero-order chi connectivity index (χ0) is 13.0. The lowest BCUT2D eigenvalue weighted by atomic mass is 9.97. The molecule has 0 aromatic heterocycles. The van der Waals surface area contributed by atoms with Gasteiger partial charge in [-0.05, 0) is 23.6 Å². The van der Waals surface area contributed by atoms with Crippen LogP contribution in [-0.4, -0.2) is 26.2 Å². The van der Waals surface area contributed by atoms with Gasteiger partial charge in [0.2, 0.25) is 0 Å². The van der Waals surface area contributed by atoms with E-state index in [0.29, 0.717) is 0 Å². The molecule has 0 saturated heterocycles. The van der Waals surface area contributed by atoms with Crippen LogP contribution in [0.25, 0.3) is 0 Å². The van der Waals surface area contributed by atoms with Gasteiger partial charge in [0.25, 0.3) is 0 Å². The van der Waals surface area contributed by atoms with Crippen molar-refractivity contribution in [3.63, 3.8) is 0 Å². The second-order valence-electron chi connectivity index (χ2n) is 3.94. The van der Waals surface area contributed by atoms with Crippen molar-refractivity contribution >= 4 is 11.9 Å². The first kappa shape index (κ1) is 13.2. The van der Waals surface area contributed by atoms with Gasteiger partial charge < -0.3 is 9.47 Å². The molecule has 4 nitrogen and oxygen atoms in total. The van der Waals surface area contributed by atoms with E-state index in [4.69, 9.17) is 0 Å². The van der Waals surface area contributed by atoms with Gasteiger partial charge in [-0.2, -0.15) is 0 Å². The average molecular weight is 236 g/mol. The standard InChI is InChI=1S/C13H16O4/c1-8(2)9-5-6-10(12(14)16-3)11(7-9)13(15)17-4/h5-8H,1-4H3. The fourth-order valence-electron chi connectivity index (χ4n) is 1.49. The summed E-state index contributed by atoms with van der Waals surface area (Å²) in [5.74, 6) is -0.807. The second kappa shape index (κ2) is 5.48. The Morgan fingerprint density at radius 2 is 1.53 bits per heavy atom. The predicted octanol–water partition coefficient (Wildman–Crippen LogP) is 2.38. The minimum atomic E-state index is -0.541. The Labute approximate surface area is 101 Å². The molecule has 0 bridgehead atoms. The molecule has 0 fully saturated rings.